The summed E-state index contributed by atoms with van der Waals surface area (Å²) in [6, 6.07) is 1.94. The second-order valence-electron chi connectivity index (χ2n) is 3.40. The molecule has 5 heteroatoms. The second-order valence-corrected chi connectivity index (χ2v) is 5.63. The van der Waals surface area contributed by atoms with Crippen LogP contribution in [0.5, 0.6) is 0 Å². The molecule has 1 heterocycles. The highest BCUT2D eigenvalue weighted by Crippen LogP contribution is 2.08. The summed E-state index contributed by atoms with van der Waals surface area (Å²) >= 11 is 0. The Balaban J connectivity index is 2.24. The molecule has 1 N–H and O–H groups in total. The predicted octanol–water partition coefficient (Wildman–Crippen LogP) is -0.0756. The number of hydrogen-bond acceptors (Lipinski definition) is 4. The second kappa shape index (κ2) is 4.58. The summed E-state index contributed by atoms with van der Waals surface area (Å²) in [5.74, 6) is 0.745. The highest BCUT2D eigenvalue weighted by molar-refractivity contribution is 7.91. The molecular formula is C8H14N2O2S. The Morgan fingerprint density at radius 2 is 2.15 bits per heavy atom. The number of hydrogen-bond donors (Lipinski definition) is 1. The van der Waals surface area contributed by atoms with E-state index in [1.54, 1.807) is 0 Å². The first-order valence-corrected chi connectivity index (χ1v) is 6.24. The van der Waals surface area contributed by atoms with Gasteiger partial charge in [-0.25, -0.2) is 8.42 Å². The Hall–Kier alpha value is -0.600. The highest BCUT2D eigenvalue weighted by Gasteiger charge is 2.23. The summed E-state index contributed by atoms with van der Waals surface area (Å²) in [4.78, 5) is 0. The van der Waals surface area contributed by atoms with Crippen LogP contribution in [0.4, 0.5) is 0 Å². The van der Waals surface area contributed by atoms with Crippen LogP contribution in [0.2, 0.25) is 0 Å². The van der Waals surface area contributed by atoms with Crippen LogP contribution >= 0.6 is 0 Å². The normalized spacial score (nSPS) is 17.8. The van der Waals surface area contributed by atoms with Crippen molar-refractivity contribution in [2.45, 2.75) is 12.8 Å². The van der Waals surface area contributed by atoms with Crippen molar-refractivity contribution in [1.29, 1.82) is 5.26 Å². The zero-order chi connectivity index (χ0) is 9.73. The van der Waals surface area contributed by atoms with Crippen LogP contribution in [0.1, 0.15) is 12.8 Å². The van der Waals surface area contributed by atoms with Crippen LogP contribution in [0.25, 0.3) is 0 Å². The minimum Gasteiger partial charge on any atom is -0.316 e. The Kier molecular flexibility index (Phi) is 3.70. The minimum atomic E-state index is -2.91. The lowest BCUT2D eigenvalue weighted by molar-refractivity contribution is 0.378. The molecule has 0 radical (unpaired) electrons. The number of nitriles is 1. The zero-order valence-electron chi connectivity index (χ0n) is 7.49. The molecule has 0 unspecified atom stereocenters. The van der Waals surface area contributed by atoms with Crippen LogP contribution < -0.4 is 5.32 Å². The number of nitrogens with one attached hydrogen (secondary N) is 1. The Morgan fingerprint density at radius 3 is 2.62 bits per heavy atom. The van der Waals surface area contributed by atoms with Crippen LogP contribution in [-0.4, -0.2) is 33.0 Å². The molecule has 0 aromatic rings. The lowest BCUT2D eigenvalue weighted by Crippen LogP contribution is -2.45. The summed E-state index contributed by atoms with van der Waals surface area (Å²) < 4.78 is 22.7. The first-order valence-electron chi connectivity index (χ1n) is 4.42. The molecule has 0 amide bonds. The molecule has 0 atom stereocenters. The molecule has 0 aromatic carbocycles. The van der Waals surface area contributed by atoms with Crippen molar-refractivity contribution in [1.82, 2.24) is 5.32 Å². The third kappa shape index (κ3) is 3.75. The minimum absolute atomic E-state index is 0.164. The average molecular weight is 202 g/mol. The van der Waals surface area contributed by atoms with Crippen LogP contribution in [0.15, 0.2) is 0 Å². The Bertz CT molecular complexity index is 288. The van der Waals surface area contributed by atoms with Crippen LogP contribution in [-0.2, 0) is 9.84 Å². The SMILES string of the molecule is N#CCCCS(=O)(=O)CC1CNC1. The van der Waals surface area contributed by atoms with E-state index in [0.717, 1.165) is 13.1 Å². The number of sulfone groups is 1. The monoisotopic (exact) mass is 202 g/mol. The van der Waals surface area contributed by atoms with Crippen molar-refractivity contribution in [3.05, 3.63) is 0 Å². The van der Waals surface area contributed by atoms with Gasteiger partial charge in [-0.15, -0.1) is 0 Å². The standard InChI is InChI=1S/C8H14N2O2S/c9-3-1-2-4-13(11,12)7-8-5-10-6-8/h8,10H,1-2,4-7H2. The molecule has 0 aromatic heterocycles. The van der Waals surface area contributed by atoms with E-state index in [0.29, 0.717) is 18.8 Å². The first-order chi connectivity index (χ1) is 6.14. The highest BCUT2D eigenvalue weighted by atomic mass is 32.2. The molecule has 1 aliphatic rings. The van der Waals surface area contributed by atoms with Gasteiger partial charge in [0.15, 0.2) is 9.84 Å². The summed E-state index contributed by atoms with van der Waals surface area (Å²) in [5.41, 5.74) is 0. The zero-order valence-corrected chi connectivity index (χ0v) is 8.31. The third-order valence-corrected chi connectivity index (χ3v) is 3.99. The van der Waals surface area contributed by atoms with E-state index in [1.807, 2.05) is 6.07 Å². The van der Waals surface area contributed by atoms with E-state index >= 15 is 0 Å². The average Bonchev–Trinajstić information content (AvgIpc) is 1.98. The molecule has 1 aliphatic heterocycles. The van der Waals surface area contributed by atoms with Crippen molar-refractivity contribution in [2.75, 3.05) is 24.6 Å². The van der Waals surface area contributed by atoms with Gasteiger partial charge in [-0.05, 0) is 12.3 Å². The third-order valence-electron chi connectivity index (χ3n) is 2.10. The molecule has 0 bridgehead atoms. The van der Waals surface area contributed by atoms with Gasteiger partial charge >= 0.3 is 0 Å². The van der Waals surface area contributed by atoms with Crippen molar-refractivity contribution in [2.24, 2.45) is 5.92 Å². The van der Waals surface area contributed by atoms with Gasteiger partial charge in [0.25, 0.3) is 0 Å². The number of rotatable bonds is 5. The molecule has 1 saturated heterocycles. The molecule has 1 rings (SSSR count). The molecule has 1 fully saturated rings. The van der Waals surface area contributed by atoms with Gasteiger partial charge in [-0.1, -0.05) is 0 Å². The molecule has 4 nitrogen and oxygen atoms in total. The van der Waals surface area contributed by atoms with Gasteiger partial charge in [0.1, 0.15) is 0 Å². The number of unbranched alkanes of at least 4 members (excludes halogenated alkanes) is 1. The summed E-state index contributed by atoms with van der Waals surface area (Å²) in [7, 11) is -2.91. The fourth-order valence-corrected chi connectivity index (χ4v) is 2.98. The predicted molar refractivity (Wildman–Crippen MR) is 49.9 cm³/mol. The maximum atomic E-state index is 11.4. The maximum absolute atomic E-state index is 11.4. The Labute approximate surface area is 78.9 Å². The van der Waals surface area contributed by atoms with Gasteiger partial charge < -0.3 is 5.32 Å². The van der Waals surface area contributed by atoms with E-state index < -0.39 is 9.84 Å². The topological polar surface area (TPSA) is 70.0 Å². The van der Waals surface area contributed by atoms with E-state index in [4.69, 9.17) is 5.26 Å². The smallest absolute Gasteiger partial charge is 0.150 e. The van der Waals surface area contributed by atoms with Gasteiger partial charge in [0, 0.05) is 19.5 Å². The van der Waals surface area contributed by atoms with E-state index in [1.165, 1.54) is 0 Å². The van der Waals surface area contributed by atoms with E-state index in [9.17, 15) is 8.42 Å². The molecule has 0 spiro atoms. The van der Waals surface area contributed by atoms with Crippen molar-refractivity contribution < 1.29 is 8.42 Å². The summed E-state index contributed by atoms with van der Waals surface area (Å²) in [6.07, 6.45) is 0.807. The van der Waals surface area contributed by atoms with Gasteiger partial charge in [0.2, 0.25) is 0 Å². The van der Waals surface area contributed by atoms with Gasteiger partial charge in [0.05, 0.1) is 17.6 Å². The van der Waals surface area contributed by atoms with E-state index in [-0.39, 0.29) is 11.5 Å². The molecule has 0 aliphatic carbocycles. The van der Waals surface area contributed by atoms with E-state index in [2.05, 4.69) is 5.32 Å². The quantitative estimate of drug-likeness (QED) is 0.633. The summed E-state index contributed by atoms with van der Waals surface area (Å²) in [6.45, 7) is 1.63. The fourth-order valence-electron chi connectivity index (χ4n) is 1.28. The first kappa shape index (κ1) is 10.5. The molecule has 74 valence electrons. The van der Waals surface area contributed by atoms with Gasteiger partial charge in [-0.3, -0.25) is 0 Å². The molecule has 0 saturated carbocycles. The van der Waals surface area contributed by atoms with Crippen LogP contribution in [0, 0.1) is 17.2 Å². The van der Waals surface area contributed by atoms with Gasteiger partial charge in [-0.2, -0.15) is 5.26 Å². The fraction of sp³-hybridized carbons (Fsp3) is 0.875. The number of nitrogens with zero attached hydrogens (tertiary/aromatic N) is 1. The summed E-state index contributed by atoms with van der Waals surface area (Å²) in [5, 5.41) is 11.3. The maximum Gasteiger partial charge on any atom is 0.150 e. The molecule has 13 heavy (non-hydrogen) atoms. The lowest BCUT2D eigenvalue weighted by Gasteiger charge is -2.26. The Morgan fingerprint density at radius 1 is 1.46 bits per heavy atom. The van der Waals surface area contributed by atoms with Crippen LogP contribution in [0.3, 0.4) is 0 Å². The largest absolute Gasteiger partial charge is 0.316 e. The van der Waals surface area contributed by atoms with Crippen molar-refractivity contribution >= 4 is 9.84 Å². The van der Waals surface area contributed by atoms with Crippen molar-refractivity contribution in [3.8, 4) is 6.07 Å². The van der Waals surface area contributed by atoms with Crippen molar-refractivity contribution in [3.63, 3.8) is 0 Å². The molecular weight excluding hydrogens is 188 g/mol. The lowest BCUT2D eigenvalue weighted by atomic mass is 10.1.